The number of nitrogens with one attached hydrogen (secondary N) is 1. The first-order valence-corrected chi connectivity index (χ1v) is 10.2. The number of hydrogen-bond acceptors (Lipinski definition) is 9. The summed E-state index contributed by atoms with van der Waals surface area (Å²) in [5, 5.41) is 15.6. The molecule has 30 heavy (non-hydrogen) atoms. The van der Waals surface area contributed by atoms with Crippen molar-refractivity contribution >= 4 is 38.3 Å². The Hall–Kier alpha value is -2.89. The monoisotopic (exact) mass is 474 g/mol. The summed E-state index contributed by atoms with van der Waals surface area (Å²) < 4.78 is 12.0. The van der Waals surface area contributed by atoms with E-state index in [1.807, 2.05) is 6.07 Å². The van der Waals surface area contributed by atoms with E-state index in [4.69, 9.17) is 9.47 Å². The fourth-order valence-electron chi connectivity index (χ4n) is 3.19. The summed E-state index contributed by atoms with van der Waals surface area (Å²) in [4.78, 5) is 25.8. The third-order valence-electron chi connectivity index (χ3n) is 4.68. The smallest absolute Gasteiger partial charge is 0.373 e. The van der Waals surface area contributed by atoms with Gasteiger partial charge in [0.25, 0.3) is 0 Å². The number of morpholine rings is 1. The lowest BCUT2D eigenvalue weighted by Gasteiger charge is -2.26. The molecule has 3 heterocycles. The van der Waals surface area contributed by atoms with Gasteiger partial charge in [-0.3, -0.25) is 20.0 Å². The minimum absolute atomic E-state index is 0.118. The Morgan fingerprint density at radius 2 is 2.07 bits per heavy atom. The normalized spacial score (nSPS) is 14.6. The predicted molar refractivity (Wildman–Crippen MR) is 114 cm³/mol. The average Bonchev–Trinajstić information content (AvgIpc) is 2.76. The van der Waals surface area contributed by atoms with Gasteiger partial charge in [0.15, 0.2) is 5.75 Å². The third-order valence-corrected chi connectivity index (χ3v) is 5.37. The molecule has 10 nitrogen and oxygen atoms in total. The van der Waals surface area contributed by atoms with Gasteiger partial charge in [-0.15, -0.1) is 0 Å². The molecule has 156 valence electrons. The lowest BCUT2D eigenvalue weighted by atomic mass is 10.2. The van der Waals surface area contributed by atoms with Gasteiger partial charge >= 0.3 is 11.6 Å². The maximum Gasteiger partial charge on any atom is 0.373 e. The van der Waals surface area contributed by atoms with Gasteiger partial charge < -0.3 is 14.8 Å². The first-order chi connectivity index (χ1) is 14.6. The lowest BCUT2D eigenvalue weighted by molar-refractivity contribution is -0.385. The minimum Gasteiger partial charge on any atom is -0.431 e. The SMILES string of the molecule is O=[N+]([O-])c1c(NCCN2CCOCC2)ncnc1Oc1ccc(Br)c2cccnc12. The van der Waals surface area contributed by atoms with Gasteiger partial charge in [0, 0.05) is 42.2 Å². The van der Waals surface area contributed by atoms with Crippen molar-refractivity contribution in [2.75, 3.05) is 44.7 Å². The zero-order chi connectivity index (χ0) is 20.9. The van der Waals surface area contributed by atoms with Crippen molar-refractivity contribution in [1.82, 2.24) is 19.9 Å². The van der Waals surface area contributed by atoms with Crippen molar-refractivity contribution < 1.29 is 14.4 Å². The standard InChI is InChI=1S/C19H19BrN6O4/c20-14-3-4-15(16-13(14)2-1-5-21-16)30-19-17(26(27)28)18(23-12-24-19)22-6-7-25-8-10-29-11-9-25/h1-5,12H,6-11H2,(H,22,23,24). The molecule has 0 amide bonds. The quantitative estimate of drug-likeness (QED) is 0.406. The number of benzene rings is 1. The van der Waals surface area contributed by atoms with E-state index in [-0.39, 0.29) is 17.4 Å². The van der Waals surface area contributed by atoms with Crippen molar-refractivity contribution in [3.8, 4) is 11.6 Å². The third kappa shape index (κ3) is 4.48. The molecule has 0 aliphatic carbocycles. The van der Waals surface area contributed by atoms with Crippen LogP contribution in [-0.4, -0.2) is 64.2 Å². The van der Waals surface area contributed by atoms with Crippen molar-refractivity contribution in [1.29, 1.82) is 0 Å². The molecule has 1 fully saturated rings. The van der Waals surface area contributed by atoms with E-state index in [1.165, 1.54) is 6.33 Å². The number of rotatable bonds is 7. The van der Waals surface area contributed by atoms with Crippen molar-refractivity contribution in [3.05, 3.63) is 51.4 Å². The van der Waals surface area contributed by atoms with Crippen LogP contribution >= 0.6 is 15.9 Å². The van der Waals surface area contributed by atoms with E-state index in [0.717, 1.165) is 29.5 Å². The van der Waals surface area contributed by atoms with Crippen LogP contribution in [0.3, 0.4) is 0 Å². The second-order valence-electron chi connectivity index (χ2n) is 6.56. The van der Waals surface area contributed by atoms with Crippen LogP contribution in [0, 0.1) is 10.1 Å². The number of halogens is 1. The highest BCUT2D eigenvalue weighted by Gasteiger charge is 2.26. The van der Waals surface area contributed by atoms with Crippen LogP contribution in [0.5, 0.6) is 11.6 Å². The Balaban J connectivity index is 1.57. The number of hydrogen-bond donors (Lipinski definition) is 1. The van der Waals surface area contributed by atoms with Crippen LogP contribution in [-0.2, 0) is 4.74 Å². The van der Waals surface area contributed by atoms with Gasteiger partial charge in [-0.2, -0.15) is 4.98 Å². The molecule has 1 aliphatic rings. The van der Waals surface area contributed by atoms with E-state index < -0.39 is 4.92 Å². The highest BCUT2D eigenvalue weighted by molar-refractivity contribution is 9.10. The summed E-state index contributed by atoms with van der Waals surface area (Å²) in [6.45, 7) is 4.29. The molecular weight excluding hydrogens is 456 g/mol. The molecule has 0 saturated carbocycles. The Labute approximate surface area is 180 Å². The molecule has 0 bridgehead atoms. The van der Waals surface area contributed by atoms with Gasteiger partial charge in [-0.25, -0.2) is 4.98 Å². The maximum absolute atomic E-state index is 11.8. The summed E-state index contributed by atoms with van der Waals surface area (Å²) in [7, 11) is 0. The molecule has 1 N–H and O–H groups in total. The minimum atomic E-state index is -0.541. The van der Waals surface area contributed by atoms with Crippen LogP contribution in [0.25, 0.3) is 10.9 Å². The van der Waals surface area contributed by atoms with E-state index in [9.17, 15) is 10.1 Å². The Bertz CT molecular complexity index is 1060. The molecule has 1 aromatic carbocycles. The van der Waals surface area contributed by atoms with Crippen LogP contribution in [0.1, 0.15) is 0 Å². The average molecular weight is 475 g/mol. The molecule has 0 unspecified atom stereocenters. The number of nitrogens with zero attached hydrogens (tertiary/aromatic N) is 5. The Morgan fingerprint density at radius 1 is 1.23 bits per heavy atom. The van der Waals surface area contributed by atoms with Crippen LogP contribution in [0.15, 0.2) is 41.3 Å². The molecular formula is C19H19BrN6O4. The number of nitro groups is 1. The largest absolute Gasteiger partial charge is 0.431 e. The fourth-order valence-corrected chi connectivity index (χ4v) is 3.64. The molecule has 1 aliphatic heterocycles. The van der Waals surface area contributed by atoms with Gasteiger partial charge in [0.1, 0.15) is 11.8 Å². The Morgan fingerprint density at radius 3 is 2.87 bits per heavy atom. The van der Waals surface area contributed by atoms with E-state index in [1.54, 1.807) is 24.4 Å². The second-order valence-corrected chi connectivity index (χ2v) is 7.42. The van der Waals surface area contributed by atoms with Crippen molar-refractivity contribution in [2.45, 2.75) is 0 Å². The van der Waals surface area contributed by atoms with Gasteiger partial charge in [-0.05, 0) is 18.2 Å². The molecule has 11 heteroatoms. The molecule has 3 aromatic rings. The number of anilines is 1. The van der Waals surface area contributed by atoms with E-state index in [0.29, 0.717) is 31.0 Å². The summed E-state index contributed by atoms with van der Waals surface area (Å²) in [5.74, 6) is 0.348. The number of aromatic nitrogens is 3. The highest BCUT2D eigenvalue weighted by Crippen LogP contribution is 2.37. The molecule has 4 rings (SSSR count). The molecule has 0 spiro atoms. The number of fused-ring (bicyclic) bond motifs is 1. The zero-order valence-corrected chi connectivity index (χ0v) is 17.5. The van der Waals surface area contributed by atoms with Crippen LogP contribution in [0.4, 0.5) is 11.5 Å². The van der Waals surface area contributed by atoms with Crippen molar-refractivity contribution in [3.63, 3.8) is 0 Å². The van der Waals surface area contributed by atoms with Crippen LogP contribution in [0.2, 0.25) is 0 Å². The molecule has 2 aromatic heterocycles. The molecule has 1 saturated heterocycles. The van der Waals surface area contributed by atoms with Crippen molar-refractivity contribution in [2.24, 2.45) is 0 Å². The number of ether oxygens (including phenoxy) is 2. The zero-order valence-electron chi connectivity index (χ0n) is 16.0. The molecule has 0 radical (unpaired) electrons. The summed E-state index contributed by atoms with van der Waals surface area (Å²) in [6, 6.07) is 7.18. The second kappa shape index (κ2) is 9.28. The van der Waals surface area contributed by atoms with Crippen LogP contribution < -0.4 is 10.1 Å². The fraction of sp³-hybridized carbons (Fsp3) is 0.316. The lowest BCUT2D eigenvalue weighted by Crippen LogP contribution is -2.39. The summed E-state index contributed by atoms with van der Waals surface area (Å²) >= 11 is 3.48. The summed E-state index contributed by atoms with van der Waals surface area (Å²) in [5.41, 5.74) is 0.257. The van der Waals surface area contributed by atoms with Gasteiger partial charge in [-0.1, -0.05) is 22.0 Å². The Kier molecular flexibility index (Phi) is 6.31. The van der Waals surface area contributed by atoms with Gasteiger partial charge in [0.2, 0.25) is 5.82 Å². The maximum atomic E-state index is 11.8. The summed E-state index contributed by atoms with van der Waals surface area (Å²) in [6.07, 6.45) is 2.88. The van der Waals surface area contributed by atoms with E-state index >= 15 is 0 Å². The van der Waals surface area contributed by atoms with E-state index in [2.05, 4.69) is 41.1 Å². The first kappa shape index (κ1) is 20.4. The first-order valence-electron chi connectivity index (χ1n) is 9.38. The number of pyridine rings is 1. The predicted octanol–water partition coefficient (Wildman–Crippen LogP) is 3.23. The molecule has 0 atom stereocenters. The highest BCUT2D eigenvalue weighted by atomic mass is 79.9. The topological polar surface area (TPSA) is 116 Å². The van der Waals surface area contributed by atoms with Gasteiger partial charge in [0.05, 0.1) is 18.1 Å².